The van der Waals surface area contributed by atoms with Gasteiger partial charge in [-0.05, 0) is 61.1 Å². The number of hydrogen-bond donors (Lipinski definition) is 0. The van der Waals surface area contributed by atoms with E-state index in [2.05, 4.69) is 10.2 Å². The molecule has 0 bridgehead atoms. The van der Waals surface area contributed by atoms with E-state index in [4.69, 9.17) is 12.2 Å². The normalized spacial score (nSPS) is 13.7. The van der Waals surface area contributed by atoms with Crippen molar-refractivity contribution in [1.82, 2.24) is 10.2 Å². The monoisotopic (exact) mass is 559 g/mol. The molecule has 2 heterocycles. The molecule has 9 nitrogen and oxygen atoms in total. The van der Waals surface area contributed by atoms with Crippen LogP contribution < -0.4 is 9.80 Å². The molecule has 1 aliphatic heterocycles. The summed E-state index contributed by atoms with van der Waals surface area (Å²) < 4.78 is 0.569. The molecule has 0 atom stereocenters. The Bertz CT molecular complexity index is 1540. The number of benzene rings is 3. The number of carbonyl (C=O) groups excluding carboxylic acids is 2. The average molecular weight is 560 g/mol. The lowest BCUT2D eigenvalue weighted by atomic mass is 10.0. The fourth-order valence-corrected chi connectivity index (χ4v) is 6.01. The van der Waals surface area contributed by atoms with Gasteiger partial charge in [-0.1, -0.05) is 65.6 Å². The molecule has 1 saturated heterocycles. The van der Waals surface area contributed by atoms with Crippen LogP contribution in [0.15, 0.2) is 93.7 Å². The van der Waals surface area contributed by atoms with E-state index in [0.29, 0.717) is 26.2 Å². The van der Waals surface area contributed by atoms with E-state index in [1.807, 2.05) is 0 Å². The predicted octanol–water partition coefficient (Wildman–Crippen LogP) is 5.65. The standard InChI is InChI=1S/C26H17N5O4S3/c1-16-27-28-25(37-16)38-22-13-12-17(15-21(22)31(34)35)14-20-23(32)29(18-8-4-2-5-9-18)26(36)30(24(20)33)19-10-6-3-7-11-19/h2-15H,1H3. The molecule has 38 heavy (non-hydrogen) atoms. The van der Waals surface area contributed by atoms with Gasteiger partial charge in [0.25, 0.3) is 17.5 Å². The van der Waals surface area contributed by atoms with Crippen LogP contribution in [0.4, 0.5) is 17.1 Å². The Morgan fingerprint density at radius 3 is 2.00 bits per heavy atom. The van der Waals surface area contributed by atoms with Crippen molar-refractivity contribution in [1.29, 1.82) is 0 Å². The number of aromatic nitrogens is 2. The maximum atomic E-state index is 13.6. The van der Waals surface area contributed by atoms with Crippen molar-refractivity contribution in [3.05, 3.63) is 105 Å². The molecule has 3 aromatic carbocycles. The number of rotatable bonds is 6. The summed E-state index contributed by atoms with van der Waals surface area (Å²) in [4.78, 5) is 41.6. The molecular formula is C26H17N5O4S3. The molecule has 12 heteroatoms. The minimum Gasteiger partial charge on any atom is -0.268 e. The number of nitrogens with zero attached hydrogens (tertiary/aromatic N) is 5. The third kappa shape index (κ3) is 4.96. The van der Waals surface area contributed by atoms with Crippen LogP contribution in [-0.2, 0) is 9.59 Å². The summed E-state index contributed by atoms with van der Waals surface area (Å²) in [6.07, 6.45) is 1.36. The predicted molar refractivity (Wildman–Crippen MR) is 150 cm³/mol. The highest BCUT2D eigenvalue weighted by Gasteiger charge is 2.41. The van der Waals surface area contributed by atoms with Crippen LogP contribution in [0.5, 0.6) is 0 Å². The first-order chi connectivity index (χ1) is 18.3. The van der Waals surface area contributed by atoms with Crippen molar-refractivity contribution in [2.75, 3.05) is 9.80 Å². The third-order valence-corrected chi connectivity index (χ3v) is 7.79. The number of thiocarbonyl (C=S) groups is 1. The van der Waals surface area contributed by atoms with Gasteiger partial charge in [0.05, 0.1) is 21.2 Å². The molecule has 1 aromatic heterocycles. The molecule has 0 radical (unpaired) electrons. The van der Waals surface area contributed by atoms with Gasteiger partial charge in [0.2, 0.25) is 0 Å². The topological polar surface area (TPSA) is 110 Å². The van der Waals surface area contributed by atoms with Crippen LogP contribution >= 0.6 is 35.3 Å². The Balaban J connectivity index is 1.59. The Kier molecular flexibility index (Phi) is 7.09. The molecule has 4 aromatic rings. The molecule has 0 unspecified atom stereocenters. The zero-order valence-electron chi connectivity index (χ0n) is 19.7. The Labute approximate surface area is 230 Å². The Morgan fingerprint density at radius 1 is 0.921 bits per heavy atom. The van der Waals surface area contributed by atoms with E-state index >= 15 is 0 Å². The van der Waals surface area contributed by atoms with Crippen molar-refractivity contribution in [2.45, 2.75) is 16.2 Å². The second-order valence-electron chi connectivity index (χ2n) is 7.97. The van der Waals surface area contributed by atoms with Crippen molar-refractivity contribution < 1.29 is 14.5 Å². The number of aryl methyl sites for hydroxylation is 1. The Hall–Kier alpha value is -4.26. The number of carbonyl (C=O) groups is 2. The number of hydrogen-bond acceptors (Lipinski definition) is 9. The van der Waals surface area contributed by atoms with Crippen LogP contribution in [0.2, 0.25) is 0 Å². The first-order valence-corrected chi connectivity index (χ1v) is 13.2. The summed E-state index contributed by atoms with van der Waals surface area (Å²) in [5.41, 5.74) is 0.947. The van der Waals surface area contributed by atoms with E-state index in [9.17, 15) is 19.7 Å². The van der Waals surface area contributed by atoms with Gasteiger partial charge in [0.15, 0.2) is 9.45 Å². The maximum absolute atomic E-state index is 13.6. The smallest absolute Gasteiger partial charge is 0.268 e. The van der Waals surface area contributed by atoms with Crippen LogP contribution in [0.25, 0.3) is 6.08 Å². The van der Waals surface area contributed by atoms with E-state index in [-0.39, 0.29) is 16.4 Å². The van der Waals surface area contributed by atoms with Crippen LogP contribution in [-0.4, -0.2) is 32.0 Å². The van der Waals surface area contributed by atoms with Crippen LogP contribution in [0.1, 0.15) is 10.6 Å². The van der Waals surface area contributed by atoms with Gasteiger partial charge in [-0.2, -0.15) is 0 Å². The van der Waals surface area contributed by atoms with Gasteiger partial charge in [0, 0.05) is 6.07 Å². The molecule has 1 aliphatic rings. The molecule has 1 fully saturated rings. The van der Waals surface area contributed by atoms with Gasteiger partial charge in [-0.25, -0.2) is 0 Å². The summed E-state index contributed by atoms with van der Waals surface area (Å²) in [5, 5.41) is 20.6. The number of para-hydroxylation sites is 2. The molecule has 0 N–H and O–H groups in total. The number of amides is 2. The van der Waals surface area contributed by atoms with Gasteiger partial charge in [-0.15, -0.1) is 10.2 Å². The number of nitro groups is 1. The molecule has 5 rings (SSSR count). The lowest BCUT2D eigenvalue weighted by Gasteiger charge is -2.36. The third-order valence-electron chi connectivity index (χ3n) is 5.47. The van der Waals surface area contributed by atoms with Gasteiger partial charge in [-0.3, -0.25) is 29.5 Å². The van der Waals surface area contributed by atoms with Crippen molar-refractivity contribution in [3.63, 3.8) is 0 Å². The van der Waals surface area contributed by atoms with Crippen molar-refractivity contribution in [3.8, 4) is 0 Å². The first kappa shape index (κ1) is 25.4. The molecule has 0 aliphatic carbocycles. The zero-order chi connectivity index (χ0) is 26.8. The quantitative estimate of drug-likeness (QED) is 0.0980. The number of anilines is 2. The highest BCUT2D eigenvalue weighted by molar-refractivity contribution is 8.01. The summed E-state index contributed by atoms with van der Waals surface area (Å²) >= 11 is 8.06. The summed E-state index contributed by atoms with van der Waals surface area (Å²) in [6.45, 7) is 1.80. The largest absolute Gasteiger partial charge is 0.283 e. The summed E-state index contributed by atoms with van der Waals surface area (Å²) in [5.74, 6) is -1.24. The first-order valence-electron chi connectivity index (χ1n) is 11.1. The SMILES string of the molecule is Cc1nnc(Sc2ccc(C=C3C(=O)N(c4ccccc4)C(=S)N(c4ccccc4)C3=O)cc2[N+](=O)[O-])s1. The molecule has 2 amide bonds. The average Bonchev–Trinajstić information content (AvgIpc) is 3.33. The fourth-order valence-electron chi connectivity index (χ4n) is 3.77. The maximum Gasteiger partial charge on any atom is 0.283 e. The van der Waals surface area contributed by atoms with Gasteiger partial charge < -0.3 is 0 Å². The fraction of sp³-hybridized carbons (Fsp3) is 0.0385. The molecule has 0 saturated carbocycles. The van der Waals surface area contributed by atoms with E-state index < -0.39 is 16.7 Å². The molecule has 0 spiro atoms. The summed E-state index contributed by atoms with van der Waals surface area (Å²) in [6, 6.07) is 22.0. The minimum atomic E-state index is -0.621. The van der Waals surface area contributed by atoms with E-state index in [1.54, 1.807) is 79.7 Å². The highest BCUT2D eigenvalue weighted by atomic mass is 32.2. The van der Waals surface area contributed by atoms with Crippen LogP contribution in [0, 0.1) is 17.0 Å². The highest BCUT2D eigenvalue weighted by Crippen LogP contribution is 2.37. The zero-order valence-corrected chi connectivity index (χ0v) is 22.1. The lowest BCUT2D eigenvalue weighted by Crippen LogP contribution is -2.56. The van der Waals surface area contributed by atoms with Gasteiger partial charge >= 0.3 is 0 Å². The lowest BCUT2D eigenvalue weighted by molar-refractivity contribution is -0.387. The number of nitro benzene ring substituents is 1. The molecular weight excluding hydrogens is 543 g/mol. The van der Waals surface area contributed by atoms with Crippen LogP contribution in [0.3, 0.4) is 0 Å². The minimum absolute atomic E-state index is 0.0135. The second kappa shape index (κ2) is 10.6. The van der Waals surface area contributed by atoms with E-state index in [0.717, 1.165) is 16.8 Å². The van der Waals surface area contributed by atoms with E-state index in [1.165, 1.54) is 33.3 Å². The second-order valence-corrected chi connectivity index (χ2v) is 10.8. The summed E-state index contributed by atoms with van der Waals surface area (Å²) in [7, 11) is 0. The van der Waals surface area contributed by atoms with Gasteiger partial charge in [0.1, 0.15) is 10.6 Å². The Morgan fingerprint density at radius 2 is 1.50 bits per heavy atom. The van der Waals surface area contributed by atoms with Crippen molar-refractivity contribution >= 4 is 75.4 Å². The van der Waals surface area contributed by atoms with Crippen molar-refractivity contribution in [2.24, 2.45) is 0 Å². The molecule has 188 valence electrons.